The van der Waals surface area contributed by atoms with Crippen molar-refractivity contribution >= 4 is 50.7 Å². The van der Waals surface area contributed by atoms with Crippen LogP contribution < -0.4 is 14.4 Å². The molecule has 0 aromatic heterocycles. The van der Waals surface area contributed by atoms with Crippen LogP contribution in [0.1, 0.15) is 39.7 Å². The van der Waals surface area contributed by atoms with E-state index in [9.17, 15) is 18.0 Å². The third kappa shape index (κ3) is 8.01. The van der Waals surface area contributed by atoms with Gasteiger partial charge in [0.15, 0.2) is 0 Å². The fraction of sp³-hybridized carbons (Fsp3) is 0.440. The van der Waals surface area contributed by atoms with Crippen molar-refractivity contribution in [3.8, 4) is 5.75 Å². The van der Waals surface area contributed by atoms with E-state index in [1.54, 1.807) is 56.3 Å². The first-order valence-electron chi connectivity index (χ1n) is 11.6. The molecule has 2 aromatic carbocycles. The Morgan fingerprint density at radius 3 is 2.31 bits per heavy atom. The fourth-order valence-corrected chi connectivity index (χ4v) is 4.99. The van der Waals surface area contributed by atoms with Gasteiger partial charge in [-0.1, -0.05) is 48.3 Å². The predicted molar refractivity (Wildman–Crippen MR) is 144 cm³/mol. The number of nitrogens with zero attached hydrogens (tertiary/aromatic N) is 2. The number of sulfonamides is 1. The topological polar surface area (TPSA) is 96.0 Å². The molecule has 0 spiro atoms. The van der Waals surface area contributed by atoms with Gasteiger partial charge in [0.05, 0.1) is 18.6 Å². The Balaban J connectivity index is 2.52. The van der Waals surface area contributed by atoms with Crippen molar-refractivity contribution in [1.29, 1.82) is 0 Å². The highest BCUT2D eigenvalue weighted by Gasteiger charge is 2.33. The second kappa shape index (κ2) is 13.2. The summed E-state index contributed by atoms with van der Waals surface area (Å²) in [6.07, 6.45) is 1.33. The molecule has 0 saturated heterocycles. The normalized spacial score (nSPS) is 12.2. The molecule has 0 saturated carbocycles. The molecule has 2 amide bonds. The lowest BCUT2D eigenvalue weighted by Crippen LogP contribution is -2.53. The third-order valence-corrected chi connectivity index (χ3v) is 7.00. The number of ether oxygens (including phenoxy) is 1. The highest BCUT2D eigenvalue weighted by Crippen LogP contribution is 2.30. The maximum Gasteiger partial charge on any atom is 0.244 e. The van der Waals surface area contributed by atoms with Crippen molar-refractivity contribution in [3.63, 3.8) is 0 Å². The Kier molecular flexibility index (Phi) is 10.9. The van der Waals surface area contributed by atoms with Gasteiger partial charge in [0.25, 0.3) is 0 Å². The van der Waals surface area contributed by atoms with Crippen LogP contribution in [0.5, 0.6) is 5.75 Å². The van der Waals surface area contributed by atoms with Gasteiger partial charge in [-0.3, -0.25) is 13.9 Å². The molecule has 0 aliphatic carbocycles. The van der Waals surface area contributed by atoms with Crippen LogP contribution in [-0.2, 0) is 26.2 Å². The standard InChI is InChI=1S/C25H33Cl2N3O5S/c1-6-21(25(32)28-17(3)4)29(15-18-12-13-19(26)14-20(18)27)24(31)16-30(36(5,33)34)22-10-8-9-11-23(22)35-7-2/h8-14,17,21H,6-7,15-16H2,1-5H3,(H,28,32). The fourth-order valence-electron chi connectivity index (χ4n) is 3.67. The number of nitrogens with one attached hydrogen (secondary N) is 1. The van der Waals surface area contributed by atoms with Crippen molar-refractivity contribution in [2.45, 2.75) is 52.7 Å². The average Bonchev–Trinajstić information content (AvgIpc) is 2.78. The van der Waals surface area contributed by atoms with Crippen molar-refractivity contribution in [1.82, 2.24) is 10.2 Å². The third-order valence-electron chi connectivity index (χ3n) is 5.29. The van der Waals surface area contributed by atoms with E-state index in [4.69, 9.17) is 27.9 Å². The number of rotatable bonds is 12. The number of benzene rings is 2. The zero-order chi connectivity index (χ0) is 27.0. The van der Waals surface area contributed by atoms with E-state index in [1.807, 2.05) is 13.8 Å². The number of halogens is 2. The zero-order valence-electron chi connectivity index (χ0n) is 21.1. The molecule has 0 bridgehead atoms. The summed E-state index contributed by atoms with van der Waals surface area (Å²) in [4.78, 5) is 28.1. The van der Waals surface area contributed by atoms with Gasteiger partial charge in [0.1, 0.15) is 18.3 Å². The van der Waals surface area contributed by atoms with Crippen LogP contribution in [0.25, 0.3) is 0 Å². The summed E-state index contributed by atoms with van der Waals surface area (Å²) in [6, 6.07) is 10.5. The maximum absolute atomic E-state index is 13.7. The minimum Gasteiger partial charge on any atom is -0.492 e. The number of hydrogen-bond acceptors (Lipinski definition) is 5. The average molecular weight is 559 g/mol. The zero-order valence-corrected chi connectivity index (χ0v) is 23.5. The molecule has 0 radical (unpaired) electrons. The number of carbonyl (C=O) groups excluding carboxylic acids is 2. The first-order valence-corrected chi connectivity index (χ1v) is 14.2. The number of carbonyl (C=O) groups is 2. The van der Waals surface area contributed by atoms with Crippen LogP contribution in [-0.4, -0.2) is 56.6 Å². The summed E-state index contributed by atoms with van der Waals surface area (Å²) in [7, 11) is -3.88. The molecule has 1 N–H and O–H groups in total. The minimum absolute atomic E-state index is 0.0104. The first kappa shape index (κ1) is 29.7. The lowest BCUT2D eigenvalue weighted by atomic mass is 10.1. The van der Waals surface area contributed by atoms with Gasteiger partial charge in [-0.15, -0.1) is 0 Å². The highest BCUT2D eigenvalue weighted by molar-refractivity contribution is 7.92. The Bertz CT molecular complexity index is 1170. The number of amides is 2. The van der Waals surface area contributed by atoms with Crippen molar-refractivity contribution in [2.24, 2.45) is 0 Å². The van der Waals surface area contributed by atoms with Gasteiger partial charge in [-0.2, -0.15) is 0 Å². The van der Waals surface area contributed by atoms with Crippen LogP contribution >= 0.6 is 23.2 Å². The molecular weight excluding hydrogens is 525 g/mol. The molecule has 36 heavy (non-hydrogen) atoms. The molecule has 0 aliphatic rings. The summed E-state index contributed by atoms with van der Waals surface area (Å²) in [5.74, 6) is -0.579. The summed E-state index contributed by atoms with van der Waals surface area (Å²) in [6.45, 7) is 6.99. The second-order valence-corrected chi connectivity index (χ2v) is 11.3. The van der Waals surface area contributed by atoms with Crippen LogP contribution in [0.15, 0.2) is 42.5 Å². The molecule has 8 nitrogen and oxygen atoms in total. The summed E-state index contributed by atoms with van der Waals surface area (Å²) in [5, 5.41) is 3.61. The van der Waals surface area contributed by atoms with Gasteiger partial charge >= 0.3 is 0 Å². The Morgan fingerprint density at radius 2 is 1.75 bits per heavy atom. The van der Waals surface area contributed by atoms with Gasteiger partial charge in [0.2, 0.25) is 21.8 Å². The molecule has 2 rings (SSSR count). The molecule has 2 aromatic rings. The Morgan fingerprint density at radius 1 is 1.08 bits per heavy atom. The van der Waals surface area contributed by atoms with Gasteiger partial charge < -0.3 is 15.0 Å². The lowest BCUT2D eigenvalue weighted by molar-refractivity contribution is -0.140. The van der Waals surface area contributed by atoms with Crippen molar-refractivity contribution in [3.05, 3.63) is 58.1 Å². The number of anilines is 1. The highest BCUT2D eigenvalue weighted by atomic mass is 35.5. The van der Waals surface area contributed by atoms with E-state index in [-0.39, 0.29) is 24.2 Å². The second-order valence-electron chi connectivity index (χ2n) is 8.52. The predicted octanol–water partition coefficient (Wildman–Crippen LogP) is 4.49. The number of para-hydroxylation sites is 2. The van der Waals surface area contributed by atoms with E-state index in [2.05, 4.69) is 5.32 Å². The molecule has 11 heteroatoms. The van der Waals surface area contributed by atoms with E-state index in [0.717, 1.165) is 10.6 Å². The summed E-state index contributed by atoms with van der Waals surface area (Å²) >= 11 is 12.4. The van der Waals surface area contributed by atoms with Crippen LogP contribution in [0.3, 0.4) is 0 Å². The molecule has 1 atom stereocenters. The molecule has 1 unspecified atom stereocenters. The summed E-state index contributed by atoms with van der Waals surface area (Å²) < 4.78 is 32.2. The molecule has 0 fully saturated rings. The smallest absolute Gasteiger partial charge is 0.244 e. The molecule has 0 heterocycles. The largest absolute Gasteiger partial charge is 0.492 e. The SMILES string of the molecule is CCOc1ccccc1N(CC(=O)N(Cc1ccc(Cl)cc1Cl)C(CC)C(=O)NC(C)C)S(C)(=O)=O. The van der Waals surface area contributed by atoms with E-state index < -0.39 is 28.5 Å². The maximum atomic E-state index is 13.7. The van der Waals surface area contributed by atoms with E-state index >= 15 is 0 Å². The molecule has 198 valence electrons. The van der Waals surface area contributed by atoms with Crippen LogP contribution in [0.4, 0.5) is 5.69 Å². The molecular formula is C25H33Cl2N3O5S. The van der Waals surface area contributed by atoms with Gasteiger partial charge in [0, 0.05) is 22.6 Å². The first-order chi connectivity index (χ1) is 16.9. The monoisotopic (exact) mass is 557 g/mol. The van der Waals surface area contributed by atoms with Crippen molar-refractivity contribution in [2.75, 3.05) is 23.7 Å². The minimum atomic E-state index is -3.88. The Hall–Kier alpha value is -2.49. The lowest BCUT2D eigenvalue weighted by Gasteiger charge is -2.33. The summed E-state index contributed by atoms with van der Waals surface area (Å²) in [5.41, 5.74) is 0.810. The van der Waals surface area contributed by atoms with Crippen LogP contribution in [0, 0.1) is 0 Å². The van der Waals surface area contributed by atoms with E-state index in [1.165, 1.54) is 4.90 Å². The Labute approximate surface area is 223 Å². The number of hydrogen-bond donors (Lipinski definition) is 1. The van der Waals surface area contributed by atoms with Crippen LogP contribution in [0.2, 0.25) is 10.0 Å². The van der Waals surface area contributed by atoms with Gasteiger partial charge in [-0.25, -0.2) is 8.42 Å². The quantitative estimate of drug-likeness (QED) is 0.414. The van der Waals surface area contributed by atoms with Crippen molar-refractivity contribution < 1.29 is 22.7 Å². The molecule has 0 aliphatic heterocycles. The van der Waals surface area contributed by atoms with Gasteiger partial charge in [-0.05, 0) is 57.0 Å². The van der Waals surface area contributed by atoms with E-state index in [0.29, 0.717) is 34.4 Å².